The molecule has 0 amide bonds. The summed E-state index contributed by atoms with van der Waals surface area (Å²) in [4.78, 5) is 11.6. The second-order valence-corrected chi connectivity index (χ2v) is 8.57. The van der Waals surface area contributed by atoms with E-state index in [0.717, 1.165) is 22.6 Å². The molecule has 28 heavy (non-hydrogen) atoms. The Morgan fingerprint density at radius 2 is 1.71 bits per heavy atom. The van der Waals surface area contributed by atoms with Crippen LogP contribution in [0.15, 0.2) is 65.6 Å². The molecule has 0 aliphatic heterocycles. The zero-order valence-corrected chi connectivity index (χ0v) is 17.1. The first-order chi connectivity index (χ1) is 13.3. The Morgan fingerprint density at radius 1 is 1.00 bits per heavy atom. The first kappa shape index (κ1) is 20.0. The maximum absolute atomic E-state index is 12.5. The van der Waals surface area contributed by atoms with E-state index in [2.05, 4.69) is 27.5 Å². The molecule has 0 aliphatic rings. The topological polar surface area (TPSA) is 68.2 Å². The third-order valence-electron chi connectivity index (χ3n) is 4.79. The predicted octanol–water partition coefficient (Wildman–Crippen LogP) is 3.82. The van der Waals surface area contributed by atoms with Crippen LogP contribution in [-0.2, 0) is 16.4 Å². The highest BCUT2D eigenvalue weighted by Crippen LogP contribution is 2.21. The molecule has 1 aromatic heterocycles. The average Bonchev–Trinajstić information content (AvgIpc) is 2.96. The lowest BCUT2D eigenvalue weighted by molar-refractivity contribution is 0.101. The number of carbonyl (C=O) groups excluding carboxylic acids is 1. The van der Waals surface area contributed by atoms with Crippen LogP contribution in [-0.4, -0.2) is 25.3 Å². The molecule has 1 heterocycles. The second kappa shape index (κ2) is 8.12. The highest BCUT2D eigenvalue weighted by Gasteiger charge is 2.16. The van der Waals surface area contributed by atoms with E-state index in [9.17, 15) is 13.2 Å². The lowest BCUT2D eigenvalue weighted by Gasteiger charge is -2.10. The molecule has 0 bridgehead atoms. The van der Waals surface area contributed by atoms with E-state index in [1.54, 1.807) is 12.1 Å². The summed E-state index contributed by atoms with van der Waals surface area (Å²) in [6, 6.07) is 18.3. The van der Waals surface area contributed by atoms with Gasteiger partial charge in [0.05, 0.1) is 4.90 Å². The van der Waals surface area contributed by atoms with Gasteiger partial charge in [-0.25, -0.2) is 13.1 Å². The monoisotopic (exact) mass is 396 g/mol. The lowest BCUT2D eigenvalue weighted by atomic mass is 10.2. The zero-order chi connectivity index (χ0) is 20.3. The van der Waals surface area contributed by atoms with Crippen molar-refractivity contribution in [2.24, 2.45) is 0 Å². The van der Waals surface area contributed by atoms with Crippen LogP contribution < -0.4 is 4.72 Å². The van der Waals surface area contributed by atoms with Crippen molar-refractivity contribution in [3.8, 4) is 5.69 Å². The number of hydrogen-bond donors (Lipinski definition) is 1. The summed E-state index contributed by atoms with van der Waals surface area (Å²) >= 11 is 0. The molecule has 1 N–H and O–H groups in total. The molecule has 0 spiro atoms. The molecule has 0 aliphatic carbocycles. The Labute approximate surface area is 166 Å². The number of carbonyl (C=O) groups is 1. The summed E-state index contributed by atoms with van der Waals surface area (Å²) in [7, 11) is -3.66. The molecule has 5 nitrogen and oxygen atoms in total. The molecule has 2 aromatic carbocycles. The molecule has 0 radical (unpaired) electrons. The maximum atomic E-state index is 12.5. The van der Waals surface area contributed by atoms with Gasteiger partial charge in [-0.3, -0.25) is 4.79 Å². The van der Waals surface area contributed by atoms with Gasteiger partial charge in [0.15, 0.2) is 5.78 Å². The summed E-state index contributed by atoms with van der Waals surface area (Å²) in [6.45, 7) is 5.79. The molecular formula is C22H24N2O3S. The number of ketones is 1. The van der Waals surface area contributed by atoms with Crippen molar-refractivity contribution in [1.29, 1.82) is 0 Å². The van der Waals surface area contributed by atoms with Gasteiger partial charge in [0.25, 0.3) is 0 Å². The van der Waals surface area contributed by atoms with Gasteiger partial charge in [-0.15, -0.1) is 0 Å². The van der Waals surface area contributed by atoms with Gasteiger partial charge >= 0.3 is 0 Å². The number of para-hydroxylation sites is 1. The number of Topliss-reactive ketones (excluding diaryl/α,β-unsaturated/α-hetero) is 1. The summed E-state index contributed by atoms with van der Waals surface area (Å²) in [5.41, 5.74) is 4.78. The van der Waals surface area contributed by atoms with E-state index in [4.69, 9.17) is 0 Å². The standard InChI is InChI=1S/C22H24N2O3S/c1-16-14-19(17(2)24(16)21-9-5-4-6-10-21)12-13-23-28(26,27)22-11-7-8-20(15-22)18(3)25/h4-11,14-15,23H,12-13H2,1-3H3. The Bertz CT molecular complexity index is 1100. The van der Waals surface area contributed by atoms with E-state index < -0.39 is 10.0 Å². The van der Waals surface area contributed by atoms with Crippen LogP contribution in [0.3, 0.4) is 0 Å². The van der Waals surface area contributed by atoms with Crippen molar-refractivity contribution in [3.05, 3.63) is 83.2 Å². The molecule has 0 unspecified atom stereocenters. The fourth-order valence-electron chi connectivity index (χ4n) is 3.34. The van der Waals surface area contributed by atoms with Gasteiger partial charge in [-0.1, -0.05) is 30.3 Å². The fraction of sp³-hybridized carbons (Fsp3) is 0.227. The second-order valence-electron chi connectivity index (χ2n) is 6.80. The largest absolute Gasteiger partial charge is 0.318 e. The molecule has 6 heteroatoms. The minimum Gasteiger partial charge on any atom is -0.318 e. The Balaban J connectivity index is 1.73. The summed E-state index contributed by atoms with van der Waals surface area (Å²) in [6.07, 6.45) is 0.581. The highest BCUT2D eigenvalue weighted by atomic mass is 32.2. The van der Waals surface area contributed by atoms with Crippen LogP contribution in [0.2, 0.25) is 0 Å². The number of rotatable bonds is 7. The molecule has 0 saturated heterocycles. The number of sulfonamides is 1. The van der Waals surface area contributed by atoms with E-state index in [1.165, 1.54) is 19.1 Å². The number of hydrogen-bond acceptors (Lipinski definition) is 3. The van der Waals surface area contributed by atoms with E-state index in [0.29, 0.717) is 12.0 Å². The van der Waals surface area contributed by atoms with Crippen molar-refractivity contribution in [2.45, 2.75) is 32.1 Å². The van der Waals surface area contributed by atoms with Crippen LogP contribution in [0, 0.1) is 13.8 Å². The predicted molar refractivity (Wildman–Crippen MR) is 111 cm³/mol. The number of nitrogens with one attached hydrogen (secondary N) is 1. The van der Waals surface area contributed by atoms with Crippen molar-refractivity contribution in [3.63, 3.8) is 0 Å². The van der Waals surface area contributed by atoms with E-state index in [-0.39, 0.29) is 17.2 Å². The van der Waals surface area contributed by atoms with E-state index >= 15 is 0 Å². The van der Waals surface area contributed by atoms with Gasteiger partial charge in [0, 0.05) is 29.2 Å². The summed E-state index contributed by atoms with van der Waals surface area (Å²) in [5, 5.41) is 0. The van der Waals surface area contributed by atoms with Gasteiger partial charge < -0.3 is 4.57 Å². The van der Waals surface area contributed by atoms with Crippen molar-refractivity contribution >= 4 is 15.8 Å². The molecule has 146 valence electrons. The molecule has 0 atom stereocenters. The first-order valence-corrected chi connectivity index (χ1v) is 10.6. The number of aryl methyl sites for hydroxylation is 1. The quantitative estimate of drug-likeness (QED) is 0.618. The van der Waals surface area contributed by atoms with Gasteiger partial charge in [-0.2, -0.15) is 0 Å². The lowest BCUT2D eigenvalue weighted by Crippen LogP contribution is -2.26. The number of aromatic nitrogens is 1. The minimum atomic E-state index is -3.66. The number of nitrogens with zero attached hydrogens (tertiary/aromatic N) is 1. The molecule has 3 rings (SSSR count). The molecular weight excluding hydrogens is 372 g/mol. The van der Waals surface area contributed by atoms with Crippen molar-refractivity contribution < 1.29 is 13.2 Å². The summed E-state index contributed by atoms with van der Waals surface area (Å²) in [5.74, 6) is -0.162. The normalized spacial score (nSPS) is 11.5. The molecule has 0 saturated carbocycles. The van der Waals surface area contributed by atoms with Crippen molar-refractivity contribution in [2.75, 3.05) is 6.54 Å². The van der Waals surface area contributed by atoms with Crippen LogP contribution >= 0.6 is 0 Å². The average molecular weight is 397 g/mol. The van der Waals surface area contributed by atoms with E-state index in [1.807, 2.05) is 32.0 Å². The zero-order valence-electron chi connectivity index (χ0n) is 16.3. The Morgan fingerprint density at radius 3 is 2.39 bits per heavy atom. The van der Waals surface area contributed by atoms with Crippen LogP contribution in [0.1, 0.15) is 34.2 Å². The smallest absolute Gasteiger partial charge is 0.240 e. The fourth-order valence-corrected chi connectivity index (χ4v) is 4.42. The first-order valence-electron chi connectivity index (χ1n) is 9.13. The molecule has 3 aromatic rings. The Hall–Kier alpha value is -2.70. The van der Waals surface area contributed by atoms with Crippen molar-refractivity contribution in [1.82, 2.24) is 9.29 Å². The molecule has 0 fully saturated rings. The van der Waals surface area contributed by atoms with Crippen LogP contribution in [0.4, 0.5) is 0 Å². The third kappa shape index (κ3) is 4.24. The maximum Gasteiger partial charge on any atom is 0.240 e. The van der Waals surface area contributed by atoms with Crippen LogP contribution in [0.25, 0.3) is 5.69 Å². The highest BCUT2D eigenvalue weighted by molar-refractivity contribution is 7.89. The number of benzene rings is 2. The van der Waals surface area contributed by atoms with Gasteiger partial charge in [0.1, 0.15) is 0 Å². The van der Waals surface area contributed by atoms with Gasteiger partial charge in [-0.05, 0) is 63.1 Å². The Kier molecular flexibility index (Phi) is 5.82. The minimum absolute atomic E-state index is 0.106. The SMILES string of the molecule is CC(=O)c1cccc(S(=O)(=O)NCCc2cc(C)n(-c3ccccc3)c2C)c1. The van der Waals surface area contributed by atoms with Gasteiger partial charge in [0.2, 0.25) is 10.0 Å². The summed E-state index contributed by atoms with van der Waals surface area (Å²) < 4.78 is 29.9. The third-order valence-corrected chi connectivity index (χ3v) is 6.25. The van der Waals surface area contributed by atoms with Crippen LogP contribution in [0.5, 0.6) is 0 Å².